The third-order valence-electron chi connectivity index (χ3n) is 4.17. The van der Waals surface area contributed by atoms with Crippen LogP contribution in [-0.4, -0.2) is 46.8 Å². The van der Waals surface area contributed by atoms with Crippen molar-refractivity contribution in [3.8, 4) is 0 Å². The molecule has 11 heteroatoms. The van der Waals surface area contributed by atoms with Crippen LogP contribution >= 0.6 is 23.4 Å². The summed E-state index contributed by atoms with van der Waals surface area (Å²) in [6.45, 7) is 5.37. The van der Waals surface area contributed by atoms with Gasteiger partial charge in [0.25, 0.3) is 0 Å². The Labute approximate surface area is 183 Å². The van der Waals surface area contributed by atoms with Crippen molar-refractivity contribution in [2.45, 2.75) is 57.5 Å². The highest BCUT2D eigenvalue weighted by atomic mass is 35.5. The molecule has 0 aromatic heterocycles. The Hall–Kier alpha value is -2.30. The molecule has 9 nitrogen and oxygen atoms in total. The molecule has 0 unspecified atom stereocenters. The summed E-state index contributed by atoms with van der Waals surface area (Å²) >= 11 is 7.03. The van der Waals surface area contributed by atoms with Crippen LogP contribution in [0, 0.1) is 12.3 Å². The number of carbonyl (C=O) groups excluding carboxylic acids is 3. The molecule has 1 aromatic carbocycles. The molecule has 1 saturated heterocycles. The van der Waals surface area contributed by atoms with E-state index in [9.17, 15) is 14.4 Å². The molecule has 1 aromatic rings. The fourth-order valence-electron chi connectivity index (χ4n) is 3.05. The summed E-state index contributed by atoms with van der Waals surface area (Å²) in [4.78, 5) is 35.3. The summed E-state index contributed by atoms with van der Waals surface area (Å²) < 4.78 is 22.2. The fraction of sp³-hybridized carbons (Fsp3) is 0.474. The topological polar surface area (TPSA) is 138 Å². The van der Waals surface area contributed by atoms with Crippen LogP contribution in [0.3, 0.4) is 0 Å². The highest BCUT2D eigenvalue weighted by molar-refractivity contribution is 8.14. The van der Waals surface area contributed by atoms with E-state index in [1.165, 1.54) is 20.8 Å². The van der Waals surface area contributed by atoms with E-state index in [1.807, 2.05) is 6.92 Å². The van der Waals surface area contributed by atoms with E-state index in [1.54, 1.807) is 18.2 Å². The highest BCUT2D eigenvalue weighted by Crippen LogP contribution is 2.41. The molecular formula is C19H23ClN2O7S. The number of amidine groups is 1. The third kappa shape index (κ3) is 6.10. The van der Waals surface area contributed by atoms with Crippen molar-refractivity contribution in [2.75, 3.05) is 0 Å². The van der Waals surface area contributed by atoms with Gasteiger partial charge in [-0.3, -0.25) is 19.8 Å². The van der Waals surface area contributed by atoms with Crippen LogP contribution in [-0.2, 0) is 33.3 Å². The normalized spacial score (nSPS) is 25.8. The molecule has 0 bridgehead atoms. The second-order valence-electron chi connectivity index (χ2n) is 6.64. The first-order chi connectivity index (χ1) is 14.0. The maximum atomic E-state index is 11.8. The number of esters is 3. The lowest BCUT2D eigenvalue weighted by Gasteiger charge is -2.44. The molecule has 0 saturated carbocycles. The molecular weight excluding hydrogens is 436 g/mol. The van der Waals surface area contributed by atoms with Gasteiger partial charge < -0.3 is 24.7 Å². The lowest BCUT2D eigenvalue weighted by Crippen LogP contribution is -2.57. The molecule has 5 atom stereocenters. The molecule has 0 aliphatic carbocycles. The molecule has 30 heavy (non-hydrogen) atoms. The number of thioether (sulfide) groups is 1. The fourth-order valence-corrected chi connectivity index (χ4v) is 4.01. The minimum Gasteiger partial charge on any atom is -0.455 e. The number of benzene rings is 1. The van der Waals surface area contributed by atoms with Gasteiger partial charge in [0.1, 0.15) is 6.10 Å². The van der Waals surface area contributed by atoms with Crippen LogP contribution in [0.4, 0.5) is 0 Å². The number of nitrogens with two attached hydrogens (primary N) is 1. The van der Waals surface area contributed by atoms with Crippen LogP contribution in [0.15, 0.2) is 18.2 Å². The van der Waals surface area contributed by atoms with Crippen molar-refractivity contribution in [1.82, 2.24) is 0 Å². The predicted octanol–water partition coefficient (Wildman–Crippen LogP) is 2.47. The maximum Gasteiger partial charge on any atom is 0.303 e. The predicted molar refractivity (Wildman–Crippen MR) is 110 cm³/mol. The van der Waals surface area contributed by atoms with Crippen molar-refractivity contribution < 1.29 is 33.3 Å². The van der Waals surface area contributed by atoms with Crippen LogP contribution in [0.5, 0.6) is 0 Å². The van der Waals surface area contributed by atoms with Gasteiger partial charge in [-0.15, -0.1) is 0 Å². The molecule has 3 N–H and O–H groups in total. The number of nitrogens with one attached hydrogen (secondary N) is 1. The van der Waals surface area contributed by atoms with Gasteiger partial charge in [0, 0.05) is 25.8 Å². The van der Waals surface area contributed by atoms with Gasteiger partial charge in [-0.1, -0.05) is 35.5 Å². The molecule has 164 valence electrons. The van der Waals surface area contributed by atoms with Gasteiger partial charge in [0.15, 0.2) is 28.9 Å². The smallest absolute Gasteiger partial charge is 0.303 e. The monoisotopic (exact) mass is 458 g/mol. The second-order valence-corrected chi connectivity index (χ2v) is 8.19. The van der Waals surface area contributed by atoms with E-state index in [4.69, 9.17) is 41.7 Å². The highest BCUT2D eigenvalue weighted by Gasteiger charge is 2.52. The summed E-state index contributed by atoms with van der Waals surface area (Å²) in [5.74, 6) is -2.00. The molecule has 1 aliphatic rings. The van der Waals surface area contributed by atoms with Gasteiger partial charge >= 0.3 is 17.9 Å². The zero-order valence-electron chi connectivity index (χ0n) is 16.8. The third-order valence-corrected chi connectivity index (χ3v) is 5.44. The lowest BCUT2D eigenvalue weighted by molar-refractivity contribution is -0.233. The van der Waals surface area contributed by atoms with E-state index < -0.39 is 47.8 Å². The standard InChI is InChI=1S/C19H23ClN2O7S/c1-8-5-6-12(7-13(8)20)14-15(26-9(2)23)16(27-10(3)24)17(28-11(4)25)18(29-14)30-19(21)22/h5-7,14-18H,1-4H3,(H3,21,22)/t14-,15-,16+,17-,18+/m0/s1. The summed E-state index contributed by atoms with van der Waals surface area (Å²) in [6, 6.07) is 5.14. The SMILES string of the molecule is CC(=O)O[C@@H]1[C@@H](OC(C)=O)[C@H](c2ccc(C)c(Cl)c2)O[C@H](SC(=N)N)[C@H]1OC(C)=O. The van der Waals surface area contributed by atoms with E-state index >= 15 is 0 Å². The van der Waals surface area contributed by atoms with Gasteiger partial charge in [0.2, 0.25) is 0 Å². The molecule has 2 rings (SSSR count). The second kappa shape index (κ2) is 10.1. The molecule has 0 spiro atoms. The molecule has 1 heterocycles. The van der Waals surface area contributed by atoms with Crippen LogP contribution < -0.4 is 5.73 Å². The number of hydrogen-bond acceptors (Lipinski definition) is 9. The molecule has 0 amide bonds. The van der Waals surface area contributed by atoms with E-state index in [-0.39, 0.29) is 5.17 Å². The van der Waals surface area contributed by atoms with E-state index in [0.717, 1.165) is 17.3 Å². The largest absolute Gasteiger partial charge is 0.455 e. The summed E-state index contributed by atoms with van der Waals surface area (Å²) in [5.41, 5.74) is 5.88. The zero-order chi connectivity index (χ0) is 22.6. The number of ether oxygens (including phenoxy) is 4. The average Bonchev–Trinajstić information content (AvgIpc) is 2.60. The first-order valence-corrected chi connectivity index (χ1v) is 10.2. The van der Waals surface area contributed by atoms with Crippen LogP contribution in [0.1, 0.15) is 38.0 Å². The zero-order valence-corrected chi connectivity index (χ0v) is 18.4. The van der Waals surface area contributed by atoms with Gasteiger partial charge in [-0.2, -0.15) is 0 Å². The van der Waals surface area contributed by atoms with E-state index in [2.05, 4.69) is 0 Å². The van der Waals surface area contributed by atoms with Crippen molar-refractivity contribution >= 4 is 46.4 Å². The quantitative estimate of drug-likeness (QED) is 0.295. The minimum atomic E-state index is -1.20. The Morgan fingerprint density at radius 3 is 2.07 bits per heavy atom. The van der Waals surface area contributed by atoms with Crippen LogP contribution in [0.2, 0.25) is 5.02 Å². The summed E-state index contributed by atoms with van der Waals surface area (Å²) in [5, 5.41) is 7.77. The van der Waals surface area contributed by atoms with Gasteiger partial charge in [-0.05, 0) is 24.1 Å². The number of rotatable bonds is 5. The Balaban J connectivity index is 2.58. The summed E-state index contributed by atoms with van der Waals surface area (Å²) in [6.07, 6.45) is -4.45. The Morgan fingerprint density at radius 2 is 1.57 bits per heavy atom. The first kappa shape index (κ1) is 24.0. The minimum absolute atomic E-state index is 0.301. The number of carbonyl (C=O) groups is 3. The lowest BCUT2D eigenvalue weighted by atomic mass is 9.93. The molecule has 1 aliphatic heterocycles. The van der Waals surface area contributed by atoms with E-state index in [0.29, 0.717) is 10.6 Å². The van der Waals surface area contributed by atoms with Crippen LogP contribution in [0.25, 0.3) is 0 Å². The average molecular weight is 459 g/mol. The van der Waals surface area contributed by atoms with Crippen molar-refractivity contribution in [3.63, 3.8) is 0 Å². The van der Waals surface area contributed by atoms with Crippen molar-refractivity contribution in [1.29, 1.82) is 5.41 Å². The van der Waals surface area contributed by atoms with Gasteiger partial charge in [-0.25, -0.2) is 0 Å². The Bertz CT molecular complexity index is 850. The number of aryl methyl sites for hydroxylation is 1. The molecule has 1 fully saturated rings. The van der Waals surface area contributed by atoms with Crippen molar-refractivity contribution in [2.24, 2.45) is 5.73 Å². The van der Waals surface area contributed by atoms with Gasteiger partial charge in [0.05, 0.1) is 0 Å². The number of halogens is 1. The first-order valence-electron chi connectivity index (χ1n) is 8.93. The Morgan fingerprint density at radius 1 is 1.03 bits per heavy atom. The molecule has 0 radical (unpaired) electrons. The Kier molecular flexibility index (Phi) is 8.10. The maximum absolute atomic E-state index is 11.8. The van der Waals surface area contributed by atoms with Crippen molar-refractivity contribution in [3.05, 3.63) is 34.3 Å². The summed E-state index contributed by atoms with van der Waals surface area (Å²) in [7, 11) is 0. The number of hydrogen-bond donors (Lipinski definition) is 2.